The normalized spacial score (nSPS) is 36.3. The van der Waals surface area contributed by atoms with Crippen molar-refractivity contribution in [3.63, 3.8) is 0 Å². The number of amides is 1. The van der Waals surface area contributed by atoms with Gasteiger partial charge in [-0.25, -0.2) is 0 Å². The van der Waals surface area contributed by atoms with E-state index < -0.39 is 29.5 Å². The van der Waals surface area contributed by atoms with E-state index in [2.05, 4.69) is 4.98 Å². The maximum Gasteiger partial charge on any atom is 0.310 e. The highest BCUT2D eigenvalue weighted by atomic mass is 16.5. The zero-order valence-corrected chi connectivity index (χ0v) is 11.2. The summed E-state index contributed by atoms with van der Waals surface area (Å²) in [5.41, 5.74) is 0.0205. The number of hydrogen-bond acceptors (Lipinski definition) is 4. The van der Waals surface area contributed by atoms with Gasteiger partial charge < -0.3 is 14.7 Å². The van der Waals surface area contributed by atoms with Gasteiger partial charge in [-0.3, -0.25) is 14.6 Å². The minimum Gasteiger partial charge on any atom is -0.481 e. The van der Waals surface area contributed by atoms with Crippen molar-refractivity contribution >= 4 is 11.9 Å². The highest BCUT2D eigenvalue weighted by molar-refractivity contribution is 5.90. The number of nitrogens with zero attached hydrogens (tertiary/aromatic N) is 2. The molecule has 108 valence electrons. The fourth-order valence-corrected chi connectivity index (χ4v) is 3.68. The van der Waals surface area contributed by atoms with E-state index in [0.717, 1.165) is 5.69 Å². The van der Waals surface area contributed by atoms with E-state index in [0.29, 0.717) is 13.1 Å². The van der Waals surface area contributed by atoms with Crippen LogP contribution in [0.25, 0.3) is 0 Å². The number of likely N-dealkylation sites (tertiary alicyclic amines) is 1. The highest BCUT2D eigenvalue weighted by Crippen LogP contribution is 2.51. The fraction of sp³-hybridized carbons (Fsp3) is 0.400. The van der Waals surface area contributed by atoms with Gasteiger partial charge in [-0.05, 0) is 12.1 Å². The van der Waals surface area contributed by atoms with Crippen LogP contribution in [0.4, 0.5) is 0 Å². The molecule has 0 aromatic carbocycles. The summed E-state index contributed by atoms with van der Waals surface area (Å²) in [6, 6.07) is 5.53. The van der Waals surface area contributed by atoms with E-state index in [-0.39, 0.29) is 5.91 Å². The summed E-state index contributed by atoms with van der Waals surface area (Å²) >= 11 is 0. The number of hydrogen-bond donors (Lipinski definition) is 1. The number of carbonyl (C=O) groups excluding carboxylic acids is 1. The minimum absolute atomic E-state index is 0.153. The molecule has 2 fully saturated rings. The fourth-order valence-electron chi connectivity index (χ4n) is 3.68. The molecule has 0 aliphatic carbocycles. The second-order valence-electron chi connectivity index (χ2n) is 5.75. The Hall–Kier alpha value is -2.21. The number of ether oxygens (including phenoxy) is 1. The summed E-state index contributed by atoms with van der Waals surface area (Å²) in [5.74, 6) is -2.52. The van der Waals surface area contributed by atoms with Crippen molar-refractivity contribution in [1.82, 2.24) is 9.88 Å². The average molecular weight is 286 g/mol. The molecule has 4 atom stereocenters. The smallest absolute Gasteiger partial charge is 0.310 e. The summed E-state index contributed by atoms with van der Waals surface area (Å²) in [7, 11) is 0. The zero-order chi connectivity index (χ0) is 14.6. The molecule has 21 heavy (non-hydrogen) atoms. The van der Waals surface area contributed by atoms with Crippen LogP contribution in [0.15, 0.2) is 36.5 Å². The van der Waals surface area contributed by atoms with Gasteiger partial charge in [-0.2, -0.15) is 0 Å². The Morgan fingerprint density at radius 3 is 3.10 bits per heavy atom. The average Bonchev–Trinajstić information content (AvgIpc) is 3.09. The Morgan fingerprint density at radius 2 is 2.38 bits per heavy atom. The van der Waals surface area contributed by atoms with Gasteiger partial charge >= 0.3 is 5.97 Å². The standard InChI is InChI=1S/C15H14N2O4/c18-13-12-11(14(19)20)10-4-5-15(12,21-10)8-17(13)7-9-3-1-2-6-16-9/h1-6,10-12H,7-8H2,(H,19,20)/t10-,11?,12?,15-/m1/s1. The number of aromatic nitrogens is 1. The number of fused-ring (bicyclic) bond motifs is 1. The monoisotopic (exact) mass is 286 g/mol. The molecule has 4 heterocycles. The number of carboxylic acids is 1. The largest absolute Gasteiger partial charge is 0.481 e. The Bertz CT molecular complexity index is 644. The molecule has 2 unspecified atom stereocenters. The van der Waals surface area contributed by atoms with E-state index >= 15 is 0 Å². The SMILES string of the molecule is O=C(O)C1C2C(=O)N(Cc3ccccn3)C[C@]23C=C[C@H]1O3. The van der Waals surface area contributed by atoms with Crippen LogP contribution in [0.1, 0.15) is 5.69 Å². The van der Waals surface area contributed by atoms with Crippen LogP contribution in [0.3, 0.4) is 0 Å². The van der Waals surface area contributed by atoms with Gasteiger partial charge in [-0.1, -0.05) is 18.2 Å². The van der Waals surface area contributed by atoms with Crippen molar-refractivity contribution < 1.29 is 19.4 Å². The number of carboxylic acid groups (broad SMARTS) is 1. The van der Waals surface area contributed by atoms with Gasteiger partial charge in [0.1, 0.15) is 11.5 Å². The van der Waals surface area contributed by atoms with Gasteiger partial charge in [-0.15, -0.1) is 0 Å². The van der Waals surface area contributed by atoms with E-state index in [1.54, 1.807) is 17.2 Å². The van der Waals surface area contributed by atoms with Crippen molar-refractivity contribution in [3.8, 4) is 0 Å². The van der Waals surface area contributed by atoms with Crippen LogP contribution in [0.5, 0.6) is 0 Å². The number of carbonyl (C=O) groups is 2. The number of aliphatic carboxylic acids is 1. The molecule has 3 aliphatic heterocycles. The Balaban J connectivity index is 1.63. The number of pyridine rings is 1. The molecule has 0 radical (unpaired) electrons. The van der Waals surface area contributed by atoms with Crippen LogP contribution >= 0.6 is 0 Å². The van der Waals surface area contributed by atoms with Crippen LogP contribution in [-0.2, 0) is 20.9 Å². The quantitative estimate of drug-likeness (QED) is 0.816. The first-order valence-electron chi connectivity index (χ1n) is 6.89. The van der Waals surface area contributed by atoms with Crippen molar-refractivity contribution in [2.24, 2.45) is 11.8 Å². The maximum atomic E-state index is 12.6. The Morgan fingerprint density at radius 1 is 1.52 bits per heavy atom. The lowest BCUT2D eigenvalue weighted by molar-refractivity contribution is -0.148. The lowest BCUT2D eigenvalue weighted by atomic mass is 9.77. The molecule has 6 nitrogen and oxygen atoms in total. The predicted molar refractivity (Wildman–Crippen MR) is 71.0 cm³/mol. The van der Waals surface area contributed by atoms with Crippen molar-refractivity contribution in [3.05, 3.63) is 42.2 Å². The summed E-state index contributed by atoms with van der Waals surface area (Å²) in [6.07, 6.45) is 4.83. The lowest BCUT2D eigenvalue weighted by Gasteiger charge is -2.21. The van der Waals surface area contributed by atoms with E-state index in [4.69, 9.17) is 4.74 Å². The summed E-state index contributed by atoms with van der Waals surface area (Å²) < 4.78 is 5.82. The molecule has 1 aromatic rings. The van der Waals surface area contributed by atoms with E-state index in [1.165, 1.54) is 0 Å². The second-order valence-corrected chi connectivity index (χ2v) is 5.75. The van der Waals surface area contributed by atoms with Gasteiger partial charge in [0.2, 0.25) is 5.91 Å². The molecule has 3 aliphatic rings. The van der Waals surface area contributed by atoms with Gasteiger partial charge in [0.15, 0.2) is 0 Å². The van der Waals surface area contributed by atoms with E-state index in [9.17, 15) is 14.7 Å². The molecule has 2 saturated heterocycles. The second kappa shape index (κ2) is 4.14. The third-order valence-electron chi connectivity index (χ3n) is 4.54. The molecule has 0 saturated carbocycles. The summed E-state index contributed by atoms with van der Waals surface area (Å²) in [5, 5.41) is 9.38. The molecule has 1 N–H and O–H groups in total. The molecular weight excluding hydrogens is 272 g/mol. The molecule has 1 amide bonds. The molecule has 2 bridgehead atoms. The van der Waals surface area contributed by atoms with Crippen LogP contribution in [0, 0.1) is 11.8 Å². The number of rotatable bonds is 3. The zero-order valence-electron chi connectivity index (χ0n) is 11.2. The molecule has 6 heteroatoms. The molecule has 4 rings (SSSR count). The first-order chi connectivity index (χ1) is 10.1. The molecular formula is C15H14N2O4. The van der Waals surface area contributed by atoms with Crippen molar-refractivity contribution in [2.45, 2.75) is 18.2 Å². The van der Waals surface area contributed by atoms with Gasteiger partial charge in [0, 0.05) is 6.20 Å². The predicted octanol–water partition coefficient (Wildman–Crippen LogP) is 0.448. The first-order valence-corrected chi connectivity index (χ1v) is 6.89. The first kappa shape index (κ1) is 12.5. The van der Waals surface area contributed by atoms with Crippen molar-refractivity contribution in [2.75, 3.05) is 6.54 Å². The van der Waals surface area contributed by atoms with Crippen molar-refractivity contribution in [1.29, 1.82) is 0 Å². The lowest BCUT2D eigenvalue weighted by Crippen LogP contribution is -2.39. The van der Waals surface area contributed by atoms with Gasteiger partial charge in [0.05, 0.1) is 30.8 Å². The Kier molecular flexibility index (Phi) is 2.47. The third-order valence-corrected chi connectivity index (χ3v) is 4.54. The van der Waals surface area contributed by atoms with Gasteiger partial charge in [0.25, 0.3) is 0 Å². The van der Waals surface area contributed by atoms with Crippen LogP contribution < -0.4 is 0 Å². The molecule has 1 aromatic heterocycles. The summed E-state index contributed by atoms with van der Waals surface area (Å²) in [4.78, 5) is 29.9. The molecule has 1 spiro atoms. The highest BCUT2D eigenvalue weighted by Gasteiger charge is 2.66. The Labute approximate surface area is 121 Å². The van der Waals surface area contributed by atoms with E-state index in [1.807, 2.05) is 24.3 Å². The van der Waals surface area contributed by atoms with Crippen LogP contribution in [0.2, 0.25) is 0 Å². The maximum absolute atomic E-state index is 12.6. The van der Waals surface area contributed by atoms with Crippen LogP contribution in [-0.4, -0.2) is 45.1 Å². The topological polar surface area (TPSA) is 79.7 Å². The minimum atomic E-state index is -0.968. The summed E-state index contributed by atoms with van der Waals surface area (Å²) in [6.45, 7) is 0.774. The third kappa shape index (κ3) is 1.65.